The highest BCUT2D eigenvalue weighted by Gasteiger charge is 2.49. The van der Waals surface area contributed by atoms with Crippen molar-refractivity contribution in [2.24, 2.45) is 11.8 Å². The fourth-order valence-electron chi connectivity index (χ4n) is 3.21. The summed E-state index contributed by atoms with van der Waals surface area (Å²) in [7, 11) is 0. The predicted molar refractivity (Wildman–Crippen MR) is 106 cm³/mol. The maximum Gasteiger partial charge on any atom is 0.230 e. The molecule has 2 amide bonds. The molecule has 1 fully saturated rings. The Morgan fingerprint density at radius 1 is 1.15 bits per heavy atom. The van der Waals surface area contributed by atoms with E-state index in [-0.39, 0.29) is 23.7 Å². The van der Waals surface area contributed by atoms with Gasteiger partial charge in [0.15, 0.2) is 0 Å². The lowest BCUT2D eigenvalue weighted by molar-refractivity contribution is -0.123. The van der Waals surface area contributed by atoms with E-state index in [0.29, 0.717) is 18.0 Å². The lowest BCUT2D eigenvalue weighted by atomic mass is 10.1. The molecule has 2 aromatic carbocycles. The average molecular weight is 371 g/mol. The highest BCUT2D eigenvalue weighted by Crippen LogP contribution is 2.41. The molecule has 0 saturated heterocycles. The van der Waals surface area contributed by atoms with Crippen LogP contribution in [0, 0.1) is 25.7 Å². The van der Waals surface area contributed by atoms with Gasteiger partial charge in [-0.05, 0) is 68.7 Å². The van der Waals surface area contributed by atoms with Crippen LogP contribution in [0.3, 0.4) is 0 Å². The number of benzene rings is 2. The maximum atomic E-state index is 12.9. The zero-order valence-corrected chi connectivity index (χ0v) is 16.0. The quantitative estimate of drug-likeness (QED) is 0.837. The third-order valence-corrected chi connectivity index (χ3v) is 5.02. The minimum Gasteiger partial charge on any atom is -0.326 e. The van der Waals surface area contributed by atoms with Crippen molar-refractivity contribution in [3.8, 4) is 0 Å². The number of halogens is 1. The Balaban J connectivity index is 1.66. The Morgan fingerprint density at radius 2 is 1.92 bits per heavy atom. The van der Waals surface area contributed by atoms with Crippen LogP contribution < -0.4 is 10.2 Å². The van der Waals surface area contributed by atoms with E-state index >= 15 is 0 Å². The van der Waals surface area contributed by atoms with Crippen molar-refractivity contribution >= 4 is 34.8 Å². The van der Waals surface area contributed by atoms with E-state index in [0.717, 1.165) is 22.5 Å². The van der Waals surface area contributed by atoms with Gasteiger partial charge in [0.05, 0.1) is 11.8 Å². The Kier molecular flexibility index (Phi) is 5.33. The Bertz CT molecular complexity index is 850. The number of rotatable bonds is 5. The van der Waals surface area contributed by atoms with Crippen LogP contribution in [0.2, 0.25) is 5.02 Å². The zero-order chi connectivity index (χ0) is 18.8. The molecule has 26 heavy (non-hydrogen) atoms. The molecule has 0 aromatic heterocycles. The number of carbonyl (C=O) groups is 2. The number of amides is 2. The summed E-state index contributed by atoms with van der Waals surface area (Å²) in [4.78, 5) is 27.1. The second-order valence-corrected chi connectivity index (χ2v) is 7.26. The Morgan fingerprint density at radius 3 is 2.58 bits per heavy atom. The molecule has 1 N–H and O–H groups in total. The normalized spacial score (nSPS) is 18.3. The SMILES string of the molecule is CCN(C(=O)C1CC1C(=O)Nc1ccc(Cl)cc1C)c1cccc(C)c1. The van der Waals surface area contributed by atoms with E-state index in [1.165, 1.54) is 0 Å². The molecule has 1 aliphatic carbocycles. The zero-order valence-electron chi connectivity index (χ0n) is 15.3. The molecule has 0 bridgehead atoms. The summed E-state index contributed by atoms with van der Waals surface area (Å²) in [5.41, 5.74) is 3.64. The van der Waals surface area contributed by atoms with Gasteiger partial charge in [-0.1, -0.05) is 23.7 Å². The number of hydrogen-bond acceptors (Lipinski definition) is 2. The molecular formula is C21H23ClN2O2. The summed E-state index contributed by atoms with van der Waals surface area (Å²) in [6.45, 7) is 6.44. The van der Waals surface area contributed by atoms with Crippen LogP contribution in [0.15, 0.2) is 42.5 Å². The summed E-state index contributed by atoms with van der Waals surface area (Å²) in [5.74, 6) is -0.598. The Hall–Kier alpha value is -2.33. The third kappa shape index (κ3) is 3.91. The van der Waals surface area contributed by atoms with Crippen molar-refractivity contribution in [2.45, 2.75) is 27.2 Å². The van der Waals surface area contributed by atoms with Crippen LogP contribution in [0.1, 0.15) is 24.5 Å². The van der Waals surface area contributed by atoms with Crippen molar-refractivity contribution in [1.29, 1.82) is 0 Å². The standard InChI is InChI=1S/C21H23ClN2O2/c1-4-24(16-7-5-6-13(2)10-16)21(26)18-12-17(18)20(25)23-19-9-8-15(22)11-14(19)3/h5-11,17-18H,4,12H2,1-3H3,(H,23,25). The second kappa shape index (κ2) is 7.50. The molecule has 2 aromatic rings. The summed E-state index contributed by atoms with van der Waals surface area (Å²) in [5, 5.41) is 3.56. The first-order valence-corrected chi connectivity index (χ1v) is 9.23. The molecule has 4 nitrogen and oxygen atoms in total. The van der Waals surface area contributed by atoms with Crippen LogP contribution in [0.25, 0.3) is 0 Å². The number of aryl methyl sites for hydroxylation is 2. The first-order chi connectivity index (χ1) is 12.4. The van der Waals surface area contributed by atoms with E-state index in [1.54, 1.807) is 17.0 Å². The highest BCUT2D eigenvalue weighted by atomic mass is 35.5. The summed E-state index contributed by atoms with van der Waals surface area (Å²) >= 11 is 5.95. The van der Waals surface area contributed by atoms with Gasteiger partial charge in [-0.15, -0.1) is 0 Å². The molecule has 2 unspecified atom stereocenters. The van der Waals surface area contributed by atoms with Crippen LogP contribution >= 0.6 is 11.6 Å². The van der Waals surface area contributed by atoms with E-state index in [4.69, 9.17) is 11.6 Å². The fraction of sp³-hybridized carbons (Fsp3) is 0.333. The van der Waals surface area contributed by atoms with Crippen LogP contribution in [0.5, 0.6) is 0 Å². The minimum absolute atomic E-state index is 0.0195. The highest BCUT2D eigenvalue weighted by molar-refractivity contribution is 6.30. The molecule has 0 spiro atoms. The van der Waals surface area contributed by atoms with E-state index in [1.807, 2.05) is 51.1 Å². The van der Waals surface area contributed by atoms with Gasteiger partial charge >= 0.3 is 0 Å². The molecule has 5 heteroatoms. The van der Waals surface area contributed by atoms with E-state index in [9.17, 15) is 9.59 Å². The molecule has 1 aliphatic rings. The smallest absolute Gasteiger partial charge is 0.230 e. The molecule has 3 rings (SSSR count). The second-order valence-electron chi connectivity index (χ2n) is 6.82. The van der Waals surface area contributed by atoms with Gasteiger partial charge in [-0.2, -0.15) is 0 Å². The molecule has 136 valence electrons. The van der Waals surface area contributed by atoms with Gasteiger partial charge in [-0.25, -0.2) is 0 Å². The summed E-state index contributed by atoms with van der Waals surface area (Å²) < 4.78 is 0. The van der Waals surface area contributed by atoms with E-state index in [2.05, 4.69) is 5.32 Å². The molecule has 2 atom stereocenters. The van der Waals surface area contributed by atoms with Gasteiger partial charge in [0, 0.05) is 22.9 Å². The predicted octanol–water partition coefficient (Wildman–Crippen LogP) is 4.58. The lowest BCUT2D eigenvalue weighted by Gasteiger charge is -2.21. The number of hydrogen-bond donors (Lipinski definition) is 1. The number of carbonyl (C=O) groups excluding carboxylic acids is 2. The van der Waals surface area contributed by atoms with Gasteiger partial charge < -0.3 is 10.2 Å². The number of nitrogens with one attached hydrogen (secondary N) is 1. The topological polar surface area (TPSA) is 49.4 Å². The van der Waals surface area contributed by atoms with Gasteiger partial charge in [0.2, 0.25) is 11.8 Å². The van der Waals surface area contributed by atoms with E-state index < -0.39 is 0 Å². The first kappa shape index (κ1) is 18.5. The molecule has 0 radical (unpaired) electrons. The third-order valence-electron chi connectivity index (χ3n) is 4.79. The maximum absolute atomic E-state index is 12.9. The van der Waals surface area contributed by atoms with Crippen molar-refractivity contribution < 1.29 is 9.59 Å². The van der Waals surface area contributed by atoms with Crippen LogP contribution in [-0.4, -0.2) is 18.4 Å². The average Bonchev–Trinajstić information content (AvgIpc) is 3.39. The minimum atomic E-state index is -0.267. The number of anilines is 2. The van der Waals surface area contributed by atoms with Crippen LogP contribution in [-0.2, 0) is 9.59 Å². The van der Waals surface area contributed by atoms with Crippen molar-refractivity contribution in [3.63, 3.8) is 0 Å². The summed E-state index contributed by atoms with van der Waals surface area (Å²) in [6, 6.07) is 13.2. The monoisotopic (exact) mass is 370 g/mol. The van der Waals surface area contributed by atoms with Gasteiger partial charge in [-0.3, -0.25) is 9.59 Å². The number of nitrogens with zero attached hydrogens (tertiary/aromatic N) is 1. The summed E-state index contributed by atoms with van der Waals surface area (Å²) in [6.07, 6.45) is 0.597. The Labute approximate surface area is 159 Å². The lowest BCUT2D eigenvalue weighted by Crippen LogP contribution is -2.33. The van der Waals surface area contributed by atoms with Crippen molar-refractivity contribution in [1.82, 2.24) is 0 Å². The van der Waals surface area contributed by atoms with Gasteiger partial charge in [0.1, 0.15) is 0 Å². The first-order valence-electron chi connectivity index (χ1n) is 8.85. The fourth-order valence-corrected chi connectivity index (χ4v) is 3.44. The van der Waals surface area contributed by atoms with Crippen LogP contribution in [0.4, 0.5) is 11.4 Å². The van der Waals surface area contributed by atoms with Crippen molar-refractivity contribution in [2.75, 3.05) is 16.8 Å². The molecule has 1 saturated carbocycles. The largest absolute Gasteiger partial charge is 0.326 e. The van der Waals surface area contributed by atoms with Crippen molar-refractivity contribution in [3.05, 3.63) is 58.6 Å². The molecule has 0 heterocycles. The van der Waals surface area contributed by atoms with Gasteiger partial charge in [0.25, 0.3) is 0 Å². The molecular weight excluding hydrogens is 348 g/mol. The molecule has 0 aliphatic heterocycles.